The van der Waals surface area contributed by atoms with Crippen LogP contribution in [0.15, 0.2) is 23.9 Å². The minimum atomic E-state index is 0.211. The van der Waals surface area contributed by atoms with Gasteiger partial charge in [-0.2, -0.15) is 0 Å². The Morgan fingerprint density at radius 3 is 2.55 bits per heavy atom. The molecule has 1 aromatic carbocycles. The van der Waals surface area contributed by atoms with E-state index in [4.69, 9.17) is 9.47 Å². The number of para-hydroxylation sites is 1. The Hall–Kier alpha value is -1.97. The first-order valence-electron chi connectivity index (χ1n) is 6.96. The minimum absolute atomic E-state index is 0.211. The summed E-state index contributed by atoms with van der Waals surface area (Å²) in [5.41, 5.74) is 1.71. The first-order valence-corrected chi connectivity index (χ1v) is 6.96. The molecule has 0 atom stereocenters. The van der Waals surface area contributed by atoms with Crippen molar-refractivity contribution in [2.45, 2.75) is 12.8 Å². The van der Waals surface area contributed by atoms with Crippen molar-refractivity contribution in [1.82, 2.24) is 4.90 Å². The summed E-state index contributed by atoms with van der Waals surface area (Å²) in [5, 5.41) is 0. The maximum atomic E-state index is 12.4. The third-order valence-corrected chi connectivity index (χ3v) is 4.18. The molecule has 0 amide bonds. The Bertz CT molecular complexity index is 557. The molecule has 3 aliphatic heterocycles. The molecule has 1 aromatic rings. The van der Waals surface area contributed by atoms with E-state index in [-0.39, 0.29) is 11.7 Å². The molecule has 0 radical (unpaired) electrons. The van der Waals surface area contributed by atoms with Crippen molar-refractivity contribution in [3.8, 4) is 11.5 Å². The highest BCUT2D eigenvalue weighted by molar-refractivity contribution is 6.02. The molecule has 20 heavy (non-hydrogen) atoms. The molecule has 2 bridgehead atoms. The summed E-state index contributed by atoms with van der Waals surface area (Å²) in [4.78, 5) is 14.5. The van der Waals surface area contributed by atoms with E-state index < -0.39 is 0 Å². The summed E-state index contributed by atoms with van der Waals surface area (Å²) in [6.45, 7) is 1.96. The SMILES string of the molecule is COc1cccc(C=C2C(=O)C3CCN2CC3)c1OC. The molecular weight excluding hydrogens is 254 g/mol. The van der Waals surface area contributed by atoms with Gasteiger partial charge >= 0.3 is 0 Å². The number of carbonyl (C=O) groups is 1. The summed E-state index contributed by atoms with van der Waals surface area (Å²) in [6, 6.07) is 5.72. The molecule has 0 aromatic heterocycles. The van der Waals surface area contributed by atoms with Crippen LogP contribution < -0.4 is 9.47 Å². The average molecular weight is 273 g/mol. The third-order valence-electron chi connectivity index (χ3n) is 4.18. The van der Waals surface area contributed by atoms with Crippen molar-refractivity contribution in [2.24, 2.45) is 5.92 Å². The second-order valence-corrected chi connectivity index (χ2v) is 5.24. The maximum absolute atomic E-state index is 12.4. The van der Waals surface area contributed by atoms with E-state index in [1.807, 2.05) is 24.3 Å². The fourth-order valence-electron chi connectivity index (χ4n) is 3.08. The summed E-state index contributed by atoms with van der Waals surface area (Å²) in [7, 11) is 3.24. The number of methoxy groups -OCH3 is 2. The van der Waals surface area contributed by atoms with Gasteiger partial charge in [-0.15, -0.1) is 0 Å². The highest BCUT2D eigenvalue weighted by Crippen LogP contribution is 2.36. The van der Waals surface area contributed by atoms with Gasteiger partial charge in [0, 0.05) is 24.6 Å². The number of hydrogen-bond donors (Lipinski definition) is 0. The van der Waals surface area contributed by atoms with Crippen LogP contribution in [0.2, 0.25) is 0 Å². The molecule has 4 heteroatoms. The molecule has 106 valence electrons. The second kappa shape index (κ2) is 5.19. The predicted molar refractivity (Wildman–Crippen MR) is 76.8 cm³/mol. The van der Waals surface area contributed by atoms with Crippen molar-refractivity contribution in [2.75, 3.05) is 27.3 Å². The van der Waals surface area contributed by atoms with Crippen LogP contribution >= 0.6 is 0 Å². The first kappa shape index (κ1) is 13.0. The van der Waals surface area contributed by atoms with Crippen LogP contribution in [0.4, 0.5) is 0 Å². The lowest BCUT2D eigenvalue weighted by Gasteiger charge is -2.41. The monoisotopic (exact) mass is 273 g/mol. The number of piperidine rings is 3. The van der Waals surface area contributed by atoms with Gasteiger partial charge < -0.3 is 14.4 Å². The van der Waals surface area contributed by atoms with E-state index in [9.17, 15) is 4.79 Å². The summed E-state index contributed by atoms with van der Waals surface area (Å²) in [6.07, 6.45) is 3.92. The van der Waals surface area contributed by atoms with Crippen molar-refractivity contribution in [3.05, 3.63) is 29.5 Å². The number of benzene rings is 1. The van der Waals surface area contributed by atoms with Gasteiger partial charge in [-0.3, -0.25) is 4.79 Å². The van der Waals surface area contributed by atoms with Crippen molar-refractivity contribution in [1.29, 1.82) is 0 Å². The molecule has 0 aliphatic carbocycles. The zero-order valence-corrected chi connectivity index (χ0v) is 11.9. The van der Waals surface area contributed by atoms with Crippen molar-refractivity contribution >= 4 is 11.9 Å². The Morgan fingerprint density at radius 1 is 1.20 bits per heavy atom. The molecular formula is C16H19NO3. The minimum Gasteiger partial charge on any atom is -0.493 e. The van der Waals surface area contributed by atoms with Crippen LogP contribution in [0.1, 0.15) is 18.4 Å². The number of hydrogen-bond acceptors (Lipinski definition) is 4. The predicted octanol–water partition coefficient (Wildman–Crippen LogP) is 2.34. The lowest BCUT2D eigenvalue weighted by atomic mass is 9.84. The topological polar surface area (TPSA) is 38.8 Å². The molecule has 0 saturated carbocycles. The van der Waals surface area contributed by atoms with Gasteiger partial charge in [-0.25, -0.2) is 0 Å². The zero-order chi connectivity index (χ0) is 14.1. The highest BCUT2D eigenvalue weighted by Gasteiger charge is 2.36. The quantitative estimate of drug-likeness (QED) is 0.792. The highest BCUT2D eigenvalue weighted by atomic mass is 16.5. The largest absolute Gasteiger partial charge is 0.493 e. The molecule has 0 N–H and O–H groups in total. The standard InChI is InChI=1S/C16H19NO3/c1-19-14-5-3-4-12(16(14)20-2)10-13-15(18)11-6-8-17(13)9-7-11/h3-5,10-11H,6-9H2,1-2H3. The third kappa shape index (κ3) is 2.05. The van der Waals surface area contributed by atoms with Gasteiger partial charge in [0.1, 0.15) is 0 Å². The van der Waals surface area contributed by atoms with Gasteiger partial charge in [-0.05, 0) is 25.0 Å². The van der Waals surface area contributed by atoms with E-state index in [2.05, 4.69) is 4.90 Å². The maximum Gasteiger partial charge on any atom is 0.182 e. The van der Waals surface area contributed by atoms with Crippen LogP contribution in [0, 0.1) is 5.92 Å². The second-order valence-electron chi connectivity index (χ2n) is 5.24. The molecule has 0 unspecified atom stereocenters. The van der Waals surface area contributed by atoms with E-state index in [0.29, 0.717) is 11.5 Å². The molecule has 0 spiro atoms. The van der Waals surface area contributed by atoms with E-state index in [0.717, 1.165) is 37.2 Å². The number of rotatable bonds is 3. The number of carbonyl (C=O) groups excluding carboxylic acids is 1. The van der Waals surface area contributed by atoms with Gasteiger partial charge in [0.15, 0.2) is 17.3 Å². The smallest absolute Gasteiger partial charge is 0.182 e. The fraction of sp³-hybridized carbons (Fsp3) is 0.438. The Labute approximate surface area is 119 Å². The normalized spacial score (nSPS) is 20.6. The summed E-state index contributed by atoms with van der Waals surface area (Å²) in [5.74, 6) is 1.85. The van der Waals surface area contributed by atoms with E-state index >= 15 is 0 Å². The lowest BCUT2D eigenvalue weighted by Crippen LogP contribution is -2.45. The molecule has 4 nitrogen and oxygen atoms in total. The van der Waals surface area contributed by atoms with Crippen LogP contribution in [0.25, 0.3) is 6.08 Å². The number of nitrogens with zero attached hydrogens (tertiary/aromatic N) is 1. The molecule has 3 heterocycles. The van der Waals surface area contributed by atoms with Gasteiger partial charge in [0.25, 0.3) is 0 Å². The fourth-order valence-corrected chi connectivity index (χ4v) is 3.08. The Balaban J connectivity index is 2.02. The van der Waals surface area contributed by atoms with Crippen molar-refractivity contribution in [3.63, 3.8) is 0 Å². The van der Waals surface area contributed by atoms with Crippen LogP contribution in [0.3, 0.4) is 0 Å². The number of allylic oxidation sites excluding steroid dienone is 1. The van der Waals surface area contributed by atoms with E-state index in [1.54, 1.807) is 14.2 Å². The Morgan fingerprint density at radius 2 is 1.95 bits per heavy atom. The number of ether oxygens (including phenoxy) is 2. The van der Waals surface area contributed by atoms with Crippen LogP contribution in [0.5, 0.6) is 11.5 Å². The van der Waals surface area contributed by atoms with Crippen LogP contribution in [-0.4, -0.2) is 38.0 Å². The molecule has 3 aliphatic rings. The number of Topliss-reactive ketones (excluding diaryl/α,β-unsaturated/α-hetero) is 1. The first-order chi connectivity index (χ1) is 9.74. The summed E-state index contributed by atoms with van der Waals surface area (Å²) >= 11 is 0. The van der Waals surface area contributed by atoms with Crippen molar-refractivity contribution < 1.29 is 14.3 Å². The zero-order valence-electron chi connectivity index (χ0n) is 11.9. The van der Waals surface area contributed by atoms with Gasteiger partial charge in [0.2, 0.25) is 0 Å². The van der Waals surface area contributed by atoms with E-state index in [1.165, 1.54) is 0 Å². The number of fused-ring (bicyclic) bond motifs is 3. The lowest BCUT2D eigenvalue weighted by molar-refractivity contribution is -0.125. The van der Waals surface area contributed by atoms with Gasteiger partial charge in [-0.1, -0.05) is 12.1 Å². The molecule has 3 saturated heterocycles. The number of ketones is 1. The Kier molecular flexibility index (Phi) is 3.38. The molecule has 3 fully saturated rings. The van der Waals surface area contributed by atoms with Gasteiger partial charge in [0.05, 0.1) is 19.9 Å². The average Bonchev–Trinajstić information content (AvgIpc) is 2.50. The molecule has 4 rings (SSSR count). The van der Waals surface area contributed by atoms with Crippen LogP contribution in [-0.2, 0) is 4.79 Å². The summed E-state index contributed by atoms with van der Waals surface area (Å²) < 4.78 is 10.7.